The van der Waals surface area contributed by atoms with Crippen LogP contribution in [-0.2, 0) is 0 Å². The zero-order valence-corrected chi connectivity index (χ0v) is 13.0. The van der Waals surface area contributed by atoms with Gasteiger partial charge in [-0.3, -0.25) is 0 Å². The van der Waals surface area contributed by atoms with Crippen molar-refractivity contribution in [3.05, 3.63) is 0 Å². The molecule has 1 aliphatic rings. The number of aliphatic hydroxyl groups is 1. The number of nitrogens with zero attached hydrogens (tertiary/aromatic N) is 4. The second kappa shape index (κ2) is 7.97. The molecule has 1 fully saturated rings. The van der Waals surface area contributed by atoms with Gasteiger partial charge in [0.2, 0.25) is 17.8 Å². The predicted octanol–water partition coefficient (Wildman–Crippen LogP) is 1.48. The fourth-order valence-electron chi connectivity index (χ4n) is 2.34. The molecule has 0 aromatic carbocycles. The number of hydrogen-bond acceptors (Lipinski definition) is 7. The SMILES string of the molecule is CCNc1nc(NCCCC(C)O)nc(N2CCCC2)n1. The number of rotatable bonds is 8. The van der Waals surface area contributed by atoms with E-state index in [2.05, 4.69) is 30.5 Å². The fourth-order valence-corrected chi connectivity index (χ4v) is 2.34. The topological polar surface area (TPSA) is 86.2 Å². The highest BCUT2D eigenvalue weighted by Gasteiger charge is 2.17. The first-order valence-corrected chi connectivity index (χ1v) is 7.86. The molecule has 0 bridgehead atoms. The average molecular weight is 294 g/mol. The molecular weight excluding hydrogens is 268 g/mol. The summed E-state index contributed by atoms with van der Waals surface area (Å²) in [5.41, 5.74) is 0. The largest absolute Gasteiger partial charge is 0.393 e. The Hall–Kier alpha value is -1.63. The lowest BCUT2D eigenvalue weighted by Crippen LogP contribution is -2.22. The normalized spacial score (nSPS) is 16.0. The van der Waals surface area contributed by atoms with Crippen LogP contribution in [-0.4, -0.2) is 52.3 Å². The molecule has 7 nitrogen and oxygen atoms in total. The van der Waals surface area contributed by atoms with Gasteiger partial charge in [0.05, 0.1) is 6.10 Å². The highest BCUT2D eigenvalue weighted by atomic mass is 16.3. The molecule has 1 saturated heterocycles. The molecule has 1 aliphatic heterocycles. The van der Waals surface area contributed by atoms with Crippen LogP contribution in [0.3, 0.4) is 0 Å². The van der Waals surface area contributed by atoms with Gasteiger partial charge in [-0.15, -0.1) is 0 Å². The smallest absolute Gasteiger partial charge is 0.231 e. The van der Waals surface area contributed by atoms with Crippen molar-refractivity contribution in [2.45, 2.75) is 45.6 Å². The molecule has 3 N–H and O–H groups in total. The van der Waals surface area contributed by atoms with Crippen molar-refractivity contribution in [1.82, 2.24) is 15.0 Å². The van der Waals surface area contributed by atoms with Crippen LogP contribution in [0.25, 0.3) is 0 Å². The van der Waals surface area contributed by atoms with Gasteiger partial charge in [0.25, 0.3) is 0 Å². The van der Waals surface area contributed by atoms with E-state index in [0.29, 0.717) is 11.9 Å². The van der Waals surface area contributed by atoms with E-state index in [4.69, 9.17) is 0 Å². The van der Waals surface area contributed by atoms with E-state index in [1.165, 1.54) is 12.8 Å². The lowest BCUT2D eigenvalue weighted by atomic mass is 10.2. The molecule has 0 spiro atoms. The van der Waals surface area contributed by atoms with E-state index in [-0.39, 0.29) is 6.10 Å². The Kier molecular flexibility index (Phi) is 5.98. The minimum absolute atomic E-state index is 0.261. The lowest BCUT2D eigenvalue weighted by molar-refractivity contribution is 0.183. The van der Waals surface area contributed by atoms with E-state index < -0.39 is 0 Å². The first-order valence-electron chi connectivity index (χ1n) is 7.86. The zero-order valence-electron chi connectivity index (χ0n) is 13.0. The van der Waals surface area contributed by atoms with E-state index in [1.807, 2.05) is 6.92 Å². The maximum atomic E-state index is 9.27. The molecular formula is C14H26N6O. The van der Waals surface area contributed by atoms with Crippen molar-refractivity contribution >= 4 is 17.8 Å². The van der Waals surface area contributed by atoms with Crippen molar-refractivity contribution in [2.75, 3.05) is 41.7 Å². The Bertz CT molecular complexity index is 433. The van der Waals surface area contributed by atoms with Crippen LogP contribution in [0.15, 0.2) is 0 Å². The molecule has 2 heterocycles. The standard InChI is InChI=1S/C14H26N6O/c1-3-15-12-17-13(16-8-6-7-11(2)21)19-14(18-12)20-9-4-5-10-20/h11,21H,3-10H2,1-2H3,(H2,15,16,17,18,19). The minimum Gasteiger partial charge on any atom is -0.393 e. The van der Waals surface area contributed by atoms with Crippen LogP contribution in [0.4, 0.5) is 17.8 Å². The van der Waals surface area contributed by atoms with Crippen molar-refractivity contribution in [3.8, 4) is 0 Å². The van der Waals surface area contributed by atoms with Crippen LogP contribution in [0.5, 0.6) is 0 Å². The Morgan fingerprint density at radius 2 is 1.81 bits per heavy atom. The predicted molar refractivity (Wildman–Crippen MR) is 84.8 cm³/mol. The quantitative estimate of drug-likeness (QED) is 0.626. The van der Waals surface area contributed by atoms with Gasteiger partial charge in [-0.05, 0) is 39.5 Å². The molecule has 2 rings (SSSR count). The first-order chi connectivity index (χ1) is 10.2. The molecule has 118 valence electrons. The number of aromatic nitrogens is 3. The summed E-state index contributed by atoms with van der Waals surface area (Å²) < 4.78 is 0. The van der Waals surface area contributed by atoms with Gasteiger partial charge < -0.3 is 20.6 Å². The Balaban J connectivity index is 2.00. The molecule has 0 amide bonds. The van der Waals surface area contributed by atoms with E-state index in [9.17, 15) is 5.11 Å². The van der Waals surface area contributed by atoms with E-state index in [0.717, 1.165) is 45.0 Å². The van der Waals surface area contributed by atoms with Gasteiger partial charge in [0.1, 0.15) is 0 Å². The fraction of sp³-hybridized carbons (Fsp3) is 0.786. The second-order valence-electron chi connectivity index (χ2n) is 5.43. The van der Waals surface area contributed by atoms with E-state index in [1.54, 1.807) is 6.92 Å². The minimum atomic E-state index is -0.261. The lowest BCUT2D eigenvalue weighted by Gasteiger charge is -2.17. The van der Waals surface area contributed by atoms with Crippen molar-refractivity contribution in [3.63, 3.8) is 0 Å². The molecule has 21 heavy (non-hydrogen) atoms. The maximum Gasteiger partial charge on any atom is 0.231 e. The summed E-state index contributed by atoms with van der Waals surface area (Å²) in [6.45, 7) is 7.38. The zero-order chi connectivity index (χ0) is 15.1. The van der Waals surface area contributed by atoms with Gasteiger partial charge in [-0.2, -0.15) is 15.0 Å². The van der Waals surface area contributed by atoms with Gasteiger partial charge in [0.15, 0.2) is 0 Å². The van der Waals surface area contributed by atoms with Gasteiger partial charge in [-0.25, -0.2) is 0 Å². The summed E-state index contributed by atoms with van der Waals surface area (Å²) in [6, 6.07) is 0. The molecule has 1 unspecified atom stereocenters. The molecule has 1 atom stereocenters. The molecule has 0 aliphatic carbocycles. The highest BCUT2D eigenvalue weighted by Crippen LogP contribution is 2.18. The van der Waals surface area contributed by atoms with Crippen molar-refractivity contribution < 1.29 is 5.11 Å². The summed E-state index contributed by atoms with van der Waals surface area (Å²) in [5, 5.41) is 15.6. The third-order valence-corrected chi connectivity index (χ3v) is 3.43. The number of nitrogens with one attached hydrogen (secondary N) is 2. The molecule has 7 heteroatoms. The molecule has 0 saturated carbocycles. The van der Waals surface area contributed by atoms with Gasteiger partial charge in [-0.1, -0.05) is 0 Å². The Labute approximate surface area is 126 Å². The third kappa shape index (κ3) is 5.00. The third-order valence-electron chi connectivity index (χ3n) is 3.43. The van der Waals surface area contributed by atoms with E-state index >= 15 is 0 Å². The van der Waals surface area contributed by atoms with Gasteiger partial charge >= 0.3 is 0 Å². The number of aliphatic hydroxyl groups excluding tert-OH is 1. The van der Waals surface area contributed by atoms with Crippen molar-refractivity contribution in [2.24, 2.45) is 0 Å². The van der Waals surface area contributed by atoms with Crippen molar-refractivity contribution in [1.29, 1.82) is 0 Å². The molecule has 1 aromatic rings. The van der Waals surface area contributed by atoms with Crippen LogP contribution in [0, 0.1) is 0 Å². The maximum absolute atomic E-state index is 9.27. The summed E-state index contributed by atoms with van der Waals surface area (Å²) in [7, 11) is 0. The van der Waals surface area contributed by atoms with Crippen LogP contribution in [0.2, 0.25) is 0 Å². The summed E-state index contributed by atoms with van der Waals surface area (Å²) in [6.07, 6.45) is 3.79. The van der Waals surface area contributed by atoms with Crippen LogP contribution in [0.1, 0.15) is 39.5 Å². The molecule has 1 aromatic heterocycles. The number of hydrogen-bond donors (Lipinski definition) is 3. The van der Waals surface area contributed by atoms with Gasteiger partial charge in [0, 0.05) is 26.2 Å². The Morgan fingerprint density at radius 1 is 1.14 bits per heavy atom. The van der Waals surface area contributed by atoms with Crippen LogP contribution < -0.4 is 15.5 Å². The monoisotopic (exact) mass is 294 g/mol. The van der Waals surface area contributed by atoms with Crippen LogP contribution >= 0.6 is 0 Å². The second-order valence-corrected chi connectivity index (χ2v) is 5.43. The first kappa shape index (κ1) is 15.8. The molecule has 0 radical (unpaired) electrons. The summed E-state index contributed by atoms with van der Waals surface area (Å²) >= 11 is 0. The number of anilines is 3. The highest BCUT2D eigenvalue weighted by molar-refractivity contribution is 5.44. The Morgan fingerprint density at radius 3 is 2.43 bits per heavy atom. The summed E-state index contributed by atoms with van der Waals surface area (Å²) in [5.74, 6) is 1.97. The summed E-state index contributed by atoms with van der Waals surface area (Å²) in [4.78, 5) is 15.6. The average Bonchev–Trinajstić information content (AvgIpc) is 2.98.